The summed E-state index contributed by atoms with van der Waals surface area (Å²) in [5.41, 5.74) is -0.265. The van der Waals surface area contributed by atoms with Crippen LogP contribution >= 0.6 is 23.2 Å². The number of aliphatic hydroxyl groups is 1. The van der Waals surface area contributed by atoms with Crippen LogP contribution in [0.3, 0.4) is 0 Å². The van der Waals surface area contributed by atoms with Crippen LogP contribution in [0.25, 0.3) is 0 Å². The molecule has 0 aliphatic heterocycles. The molecular formula is C15H21Cl2NO3. The molecule has 0 heterocycles. The molecule has 0 aliphatic rings. The highest BCUT2D eigenvalue weighted by Crippen LogP contribution is 2.26. The van der Waals surface area contributed by atoms with Gasteiger partial charge in [-0.15, -0.1) is 0 Å². The van der Waals surface area contributed by atoms with Crippen molar-refractivity contribution in [2.45, 2.75) is 26.7 Å². The van der Waals surface area contributed by atoms with E-state index in [1.54, 1.807) is 18.2 Å². The predicted molar refractivity (Wildman–Crippen MR) is 85.1 cm³/mol. The first-order valence-corrected chi connectivity index (χ1v) is 7.67. The van der Waals surface area contributed by atoms with Crippen LogP contribution < -0.4 is 10.1 Å². The standard InChI is InChI=1S/C15H21Cl2NO3/c1-3-15(4-2,10-19)9-18-14(20)8-21-11-5-6-12(16)13(17)7-11/h5-7,19H,3-4,8-10H2,1-2H3,(H,18,20). The third-order valence-electron chi connectivity index (χ3n) is 3.76. The Labute approximate surface area is 135 Å². The number of hydrogen-bond donors (Lipinski definition) is 2. The van der Waals surface area contributed by atoms with Crippen molar-refractivity contribution in [3.8, 4) is 5.75 Å². The largest absolute Gasteiger partial charge is 0.484 e. The van der Waals surface area contributed by atoms with Crippen molar-refractivity contribution in [2.24, 2.45) is 5.41 Å². The third-order valence-corrected chi connectivity index (χ3v) is 4.50. The molecule has 21 heavy (non-hydrogen) atoms. The molecule has 1 aromatic rings. The highest BCUT2D eigenvalue weighted by molar-refractivity contribution is 6.42. The van der Waals surface area contributed by atoms with Gasteiger partial charge in [-0.05, 0) is 25.0 Å². The molecule has 0 bridgehead atoms. The van der Waals surface area contributed by atoms with E-state index in [-0.39, 0.29) is 24.5 Å². The zero-order valence-corrected chi connectivity index (χ0v) is 13.8. The molecule has 0 spiro atoms. The summed E-state index contributed by atoms with van der Waals surface area (Å²) in [6.45, 7) is 4.37. The van der Waals surface area contributed by atoms with Gasteiger partial charge in [-0.2, -0.15) is 0 Å². The summed E-state index contributed by atoms with van der Waals surface area (Å²) < 4.78 is 5.35. The van der Waals surface area contributed by atoms with Gasteiger partial charge in [-0.3, -0.25) is 4.79 Å². The average Bonchev–Trinajstić information content (AvgIpc) is 2.50. The van der Waals surface area contributed by atoms with Crippen LogP contribution in [0, 0.1) is 5.41 Å². The van der Waals surface area contributed by atoms with Gasteiger partial charge in [0.2, 0.25) is 0 Å². The first kappa shape index (κ1) is 18.1. The lowest BCUT2D eigenvalue weighted by Gasteiger charge is -2.29. The van der Waals surface area contributed by atoms with Crippen LogP contribution in [0.5, 0.6) is 5.75 Å². The van der Waals surface area contributed by atoms with Crippen LogP contribution in [0.2, 0.25) is 10.0 Å². The number of rotatable bonds is 8. The summed E-state index contributed by atoms with van der Waals surface area (Å²) in [4.78, 5) is 11.8. The number of benzene rings is 1. The summed E-state index contributed by atoms with van der Waals surface area (Å²) >= 11 is 11.7. The van der Waals surface area contributed by atoms with E-state index in [4.69, 9.17) is 27.9 Å². The number of aliphatic hydroxyl groups excluding tert-OH is 1. The molecule has 6 heteroatoms. The number of hydrogen-bond acceptors (Lipinski definition) is 3. The van der Waals surface area contributed by atoms with E-state index in [1.807, 2.05) is 13.8 Å². The molecule has 0 fully saturated rings. The molecule has 0 saturated heterocycles. The fraction of sp³-hybridized carbons (Fsp3) is 0.533. The summed E-state index contributed by atoms with van der Waals surface area (Å²) in [6.07, 6.45) is 1.60. The molecule has 4 nitrogen and oxygen atoms in total. The molecule has 2 N–H and O–H groups in total. The summed E-state index contributed by atoms with van der Waals surface area (Å²) in [5.74, 6) is 0.250. The number of nitrogens with one attached hydrogen (secondary N) is 1. The first-order chi connectivity index (χ1) is 9.96. The van der Waals surface area contributed by atoms with Crippen LogP contribution in [-0.4, -0.2) is 30.8 Å². The van der Waals surface area contributed by atoms with Gasteiger partial charge in [0.1, 0.15) is 5.75 Å². The third kappa shape index (κ3) is 5.38. The second-order valence-electron chi connectivity index (χ2n) is 5.01. The van der Waals surface area contributed by atoms with Gasteiger partial charge in [-0.1, -0.05) is 37.0 Å². The van der Waals surface area contributed by atoms with Gasteiger partial charge in [0.05, 0.1) is 16.7 Å². The second-order valence-corrected chi connectivity index (χ2v) is 5.82. The van der Waals surface area contributed by atoms with Gasteiger partial charge < -0.3 is 15.2 Å². The highest BCUT2D eigenvalue weighted by Gasteiger charge is 2.25. The lowest BCUT2D eigenvalue weighted by atomic mass is 9.83. The minimum absolute atomic E-state index is 0.0495. The van der Waals surface area contributed by atoms with Crippen LogP contribution in [0.15, 0.2) is 18.2 Å². The van der Waals surface area contributed by atoms with Gasteiger partial charge in [0.25, 0.3) is 5.91 Å². The normalized spacial score (nSPS) is 11.3. The first-order valence-electron chi connectivity index (χ1n) is 6.91. The van der Waals surface area contributed by atoms with Crippen molar-refractivity contribution in [3.63, 3.8) is 0 Å². The fourth-order valence-electron chi connectivity index (χ4n) is 1.83. The maximum atomic E-state index is 11.8. The Morgan fingerprint density at radius 3 is 2.48 bits per heavy atom. The predicted octanol–water partition coefficient (Wildman–Crippen LogP) is 3.29. The maximum absolute atomic E-state index is 11.8. The topological polar surface area (TPSA) is 58.6 Å². The molecule has 0 saturated carbocycles. The molecule has 0 aromatic heterocycles. The number of halogens is 2. The van der Waals surface area contributed by atoms with E-state index in [0.29, 0.717) is 22.3 Å². The van der Waals surface area contributed by atoms with Crippen molar-refractivity contribution in [1.29, 1.82) is 0 Å². The van der Waals surface area contributed by atoms with Crippen molar-refractivity contribution in [2.75, 3.05) is 19.8 Å². The van der Waals surface area contributed by atoms with Crippen molar-refractivity contribution in [1.82, 2.24) is 5.32 Å². The fourth-order valence-corrected chi connectivity index (χ4v) is 2.12. The van der Waals surface area contributed by atoms with E-state index >= 15 is 0 Å². The number of ether oxygens (including phenoxy) is 1. The number of carbonyl (C=O) groups excluding carboxylic acids is 1. The molecular weight excluding hydrogens is 313 g/mol. The summed E-state index contributed by atoms with van der Waals surface area (Å²) in [6, 6.07) is 4.83. The summed E-state index contributed by atoms with van der Waals surface area (Å²) in [5, 5.41) is 13.1. The maximum Gasteiger partial charge on any atom is 0.257 e. The Bertz CT molecular complexity index is 468. The van der Waals surface area contributed by atoms with Crippen molar-refractivity contribution in [3.05, 3.63) is 28.2 Å². The van der Waals surface area contributed by atoms with Crippen LogP contribution in [0.1, 0.15) is 26.7 Å². The van der Waals surface area contributed by atoms with E-state index in [0.717, 1.165) is 12.8 Å². The van der Waals surface area contributed by atoms with Crippen molar-refractivity contribution < 1.29 is 14.6 Å². The average molecular weight is 334 g/mol. The lowest BCUT2D eigenvalue weighted by Crippen LogP contribution is -2.41. The molecule has 1 amide bonds. The smallest absolute Gasteiger partial charge is 0.257 e. The zero-order chi connectivity index (χ0) is 15.9. The molecule has 118 valence electrons. The Morgan fingerprint density at radius 1 is 1.29 bits per heavy atom. The molecule has 1 aromatic carbocycles. The summed E-state index contributed by atoms with van der Waals surface area (Å²) in [7, 11) is 0. The Kier molecular flexibility index (Phi) is 7.29. The minimum atomic E-state index is -0.265. The minimum Gasteiger partial charge on any atom is -0.484 e. The van der Waals surface area contributed by atoms with Crippen LogP contribution in [0.4, 0.5) is 0 Å². The molecule has 1 rings (SSSR count). The second kappa shape index (κ2) is 8.47. The molecule has 0 unspecified atom stereocenters. The van der Waals surface area contributed by atoms with E-state index in [9.17, 15) is 9.90 Å². The SMILES string of the molecule is CCC(CC)(CO)CNC(=O)COc1ccc(Cl)c(Cl)c1. The Morgan fingerprint density at radius 2 is 1.95 bits per heavy atom. The van der Waals surface area contributed by atoms with Crippen LogP contribution in [-0.2, 0) is 4.79 Å². The van der Waals surface area contributed by atoms with E-state index in [1.165, 1.54) is 0 Å². The quantitative estimate of drug-likeness (QED) is 0.767. The molecule has 0 aliphatic carbocycles. The Hall–Kier alpha value is -0.970. The lowest BCUT2D eigenvalue weighted by molar-refractivity contribution is -0.123. The molecule has 0 radical (unpaired) electrons. The molecule has 0 atom stereocenters. The van der Waals surface area contributed by atoms with E-state index < -0.39 is 0 Å². The zero-order valence-electron chi connectivity index (χ0n) is 12.3. The number of amides is 1. The number of carbonyl (C=O) groups is 1. The van der Waals surface area contributed by atoms with Gasteiger partial charge in [0.15, 0.2) is 6.61 Å². The Balaban J connectivity index is 2.45. The van der Waals surface area contributed by atoms with Gasteiger partial charge >= 0.3 is 0 Å². The van der Waals surface area contributed by atoms with Gasteiger partial charge in [-0.25, -0.2) is 0 Å². The van der Waals surface area contributed by atoms with Gasteiger partial charge in [0, 0.05) is 18.0 Å². The van der Waals surface area contributed by atoms with Crippen molar-refractivity contribution >= 4 is 29.1 Å². The highest BCUT2D eigenvalue weighted by atomic mass is 35.5. The monoisotopic (exact) mass is 333 g/mol. The van der Waals surface area contributed by atoms with E-state index in [2.05, 4.69) is 5.32 Å².